The third-order valence-electron chi connectivity index (χ3n) is 6.04. The number of carbonyl (C=O) groups is 2. The summed E-state index contributed by atoms with van der Waals surface area (Å²) >= 11 is 12.4. The van der Waals surface area contributed by atoms with Crippen LogP contribution in [-0.2, 0) is 22.7 Å². The maximum atomic E-state index is 13.1. The monoisotopic (exact) mass is 547 g/mol. The first-order valence-corrected chi connectivity index (χ1v) is 12.3. The van der Waals surface area contributed by atoms with Crippen LogP contribution in [0.3, 0.4) is 0 Å². The number of halogens is 3. The van der Waals surface area contributed by atoms with E-state index in [0.717, 1.165) is 41.7 Å². The van der Waals surface area contributed by atoms with E-state index in [2.05, 4.69) is 4.90 Å². The molecule has 0 atom stereocenters. The molecule has 0 radical (unpaired) electrons. The quantitative estimate of drug-likeness (QED) is 0.261. The van der Waals surface area contributed by atoms with Crippen molar-refractivity contribution in [2.24, 2.45) is 0 Å². The minimum absolute atomic E-state index is 0. The number of piperazine rings is 1. The smallest absolute Gasteiger partial charge is 0.255 e. The molecule has 6 nitrogen and oxygen atoms in total. The zero-order valence-electron chi connectivity index (χ0n) is 19.7. The van der Waals surface area contributed by atoms with E-state index in [4.69, 9.17) is 28.0 Å². The van der Waals surface area contributed by atoms with Gasteiger partial charge in [0, 0.05) is 37.7 Å². The summed E-state index contributed by atoms with van der Waals surface area (Å²) in [6, 6.07) is 22.4. The van der Waals surface area contributed by atoms with Crippen molar-refractivity contribution in [1.29, 1.82) is 0 Å². The van der Waals surface area contributed by atoms with Gasteiger partial charge < -0.3 is 4.90 Å². The average molecular weight is 549 g/mol. The number of amides is 2. The summed E-state index contributed by atoms with van der Waals surface area (Å²) in [5.74, 6) is -0.109. The van der Waals surface area contributed by atoms with E-state index < -0.39 is 0 Å². The molecule has 190 valence electrons. The molecule has 4 rings (SSSR count). The number of hydrogen-bond donors (Lipinski definition) is 0. The molecule has 1 aliphatic heterocycles. The Labute approximate surface area is 227 Å². The molecule has 3 aromatic carbocycles. The van der Waals surface area contributed by atoms with Crippen LogP contribution in [0.1, 0.15) is 21.5 Å². The van der Waals surface area contributed by atoms with Gasteiger partial charge in [-0.25, -0.2) is 0 Å². The molecule has 36 heavy (non-hydrogen) atoms. The fourth-order valence-electron chi connectivity index (χ4n) is 3.98. The van der Waals surface area contributed by atoms with Crippen molar-refractivity contribution in [2.75, 3.05) is 37.8 Å². The summed E-state index contributed by atoms with van der Waals surface area (Å²) in [4.78, 5) is 34.4. The van der Waals surface area contributed by atoms with Gasteiger partial charge >= 0.3 is 0 Å². The lowest BCUT2D eigenvalue weighted by molar-refractivity contribution is -0.114. The lowest BCUT2D eigenvalue weighted by Crippen LogP contribution is -2.49. The fourth-order valence-corrected chi connectivity index (χ4v) is 4.36. The molecule has 9 heteroatoms. The molecule has 0 aliphatic carbocycles. The second-order valence-corrected chi connectivity index (χ2v) is 9.21. The highest BCUT2D eigenvalue weighted by molar-refractivity contribution is 6.34. The van der Waals surface area contributed by atoms with Crippen LogP contribution in [-0.4, -0.2) is 54.8 Å². The molecule has 3 aromatic rings. The Hall–Kier alpha value is -2.61. The minimum Gasteiger partial charge on any atom is -0.336 e. The molecule has 0 bridgehead atoms. The van der Waals surface area contributed by atoms with E-state index >= 15 is 0 Å². The van der Waals surface area contributed by atoms with Crippen LogP contribution < -0.4 is 5.06 Å². The topological polar surface area (TPSA) is 53.1 Å². The van der Waals surface area contributed by atoms with E-state index in [1.165, 1.54) is 5.56 Å². The summed E-state index contributed by atoms with van der Waals surface area (Å²) in [7, 11) is 0. The first-order valence-electron chi connectivity index (χ1n) is 11.5. The predicted octanol–water partition coefficient (Wildman–Crippen LogP) is 5.51. The third kappa shape index (κ3) is 7.45. The SMILES string of the molecule is Cl.O=CN(OCc1ccccc1)c1ccc(C(=O)N2CCN(CCc3ccc(Cl)cc3)CC2)c(Cl)c1. The van der Waals surface area contributed by atoms with Crippen LogP contribution in [0.5, 0.6) is 0 Å². The van der Waals surface area contributed by atoms with E-state index in [1.54, 1.807) is 18.2 Å². The minimum atomic E-state index is -0.109. The van der Waals surface area contributed by atoms with Gasteiger partial charge in [-0.1, -0.05) is 65.7 Å². The van der Waals surface area contributed by atoms with Crippen LogP contribution in [0.4, 0.5) is 5.69 Å². The molecule has 1 fully saturated rings. The molecule has 1 aliphatic rings. The summed E-state index contributed by atoms with van der Waals surface area (Å²) in [5, 5.41) is 2.14. The second kappa shape index (κ2) is 13.6. The largest absolute Gasteiger partial charge is 0.336 e. The zero-order valence-corrected chi connectivity index (χ0v) is 22.0. The van der Waals surface area contributed by atoms with Crippen molar-refractivity contribution in [1.82, 2.24) is 9.80 Å². The number of carbonyl (C=O) groups excluding carboxylic acids is 2. The van der Waals surface area contributed by atoms with Gasteiger partial charge in [-0.15, -0.1) is 12.4 Å². The maximum absolute atomic E-state index is 13.1. The molecule has 0 N–H and O–H groups in total. The van der Waals surface area contributed by atoms with Gasteiger partial charge in [0.05, 0.1) is 16.3 Å². The van der Waals surface area contributed by atoms with Crippen LogP contribution in [0.25, 0.3) is 0 Å². The summed E-state index contributed by atoms with van der Waals surface area (Å²) in [6.07, 6.45) is 1.53. The molecule has 0 saturated carbocycles. The number of benzene rings is 3. The van der Waals surface area contributed by atoms with Crippen molar-refractivity contribution >= 4 is 53.6 Å². The van der Waals surface area contributed by atoms with Gasteiger partial charge in [-0.3, -0.25) is 19.3 Å². The Morgan fingerprint density at radius 1 is 0.917 bits per heavy atom. The molecular weight excluding hydrogens is 521 g/mol. The first-order chi connectivity index (χ1) is 17.0. The van der Waals surface area contributed by atoms with E-state index in [0.29, 0.717) is 30.8 Å². The molecule has 1 saturated heterocycles. The highest BCUT2D eigenvalue weighted by Gasteiger charge is 2.24. The fraction of sp³-hybridized carbons (Fsp3) is 0.259. The van der Waals surface area contributed by atoms with Crippen molar-refractivity contribution in [2.45, 2.75) is 13.0 Å². The summed E-state index contributed by atoms with van der Waals surface area (Å²) in [5.41, 5.74) is 3.06. The van der Waals surface area contributed by atoms with Crippen molar-refractivity contribution in [3.63, 3.8) is 0 Å². The number of nitrogens with zero attached hydrogens (tertiary/aromatic N) is 3. The number of rotatable bonds is 9. The summed E-state index contributed by atoms with van der Waals surface area (Å²) < 4.78 is 0. The molecule has 0 aromatic heterocycles. The highest BCUT2D eigenvalue weighted by atomic mass is 35.5. The van der Waals surface area contributed by atoms with Crippen molar-refractivity contribution in [3.8, 4) is 0 Å². The third-order valence-corrected chi connectivity index (χ3v) is 6.60. The Balaban J connectivity index is 0.00000361. The molecule has 0 unspecified atom stereocenters. The van der Waals surface area contributed by atoms with E-state index in [-0.39, 0.29) is 29.9 Å². The van der Waals surface area contributed by atoms with Gasteiger partial charge in [0.2, 0.25) is 6.41 Å². The van der Waals surface area contributed by atoms with Crippen LogP contribution >= 0.6 is 35.6 Å². The van der Waals surface area contributed by atoms with Crippen molar-refractivity contribution in [3.05, 3.63) is 99.5 Å². The summed E-state index contributed by atoms with van der Waals surface area (Å²) in [6.45, 7) is 4.06. The average Bonchev–Trinajstić information content (AvgIpc) is 2.89. The van der Waals surface area contributed by atoms with E-state index in [9.17, 15) is 9.59 Å². The van der Waals surface area contributed by atoms with Crippen LogP contribution in [0.2, 0.25) is 10.0 Å². The van der Waals surface area contributed by atoms with Gasteiger partial charge in [0.1, 0.15) is 6.61 Å². The Kier molecular flexibility index (Phi) is 10.6. The molecule has 2 amide bonds. The normalized spacial score (nSPS) is 13.7. The Morgan fingerprint density at radius 3 is 2.25 bits per heavy atom. The zero-order chi connectivity index (χ0) is 24.6. The van der Waals surface area contributed by atoms with E-state index in [1.807, 2.05) is 59.5 Å². The molecule has 1 heterocycles. The molecular formula is C27H28Cl3N3O3. The maximum Gasteiger partial charge on any atom is 0.255 e. The number of anilines is 1. The Bertz CT molecular complexity index is 1140. The first kappa shape index (κ1) is 28.0. The van der Waals surface area contributed by atoms with Gasteiger partial charge in [0.15, 0.2) is 0 Å². The van der Waals surface area contributed by atoms with Crippen LogP contribution in [0, 0.1) is 0 Å². The standard InChI is InChI=1S/C27H27Cl2N3O3.ClH/c28-23-8-6-21(7-9-23)12-13-30-14-16-31(17-15-30)27(34)25-11-10-24(18-26(25)29)32(20-33)35-19-22-4-2-1-3-5-22;/h1-11,18,20H,12-17,19H2;1H. The molecule has 0 spiro atoms. The number of hydrogen-bond acceptors (Lipinski definition) is 4. The van der Waals surface area contributed by atoms with Crippen LogP contribution in [0.15, 0.2) is 72.8 Å². The Morgan fingerprint density at radius 2 is 1.61 bits per heavy atom. The lowest BCUT2D eigenvalue weighted by Gasteiger charge is -2.35. The predicted molar refractivity (Wildman–Crippen MR) is 146 cm³/mol. The van der Waals surface area contributed by atoms with Gasteiger partial charge in [-0.05, 0) is 47.9 Å². The van der Waals surface area contributed by atoms with Crippen molar-refractivity contribution < 1.29 is 14.4 Å². The van der Waals surface area contributed by atoms with Gasteiger partial charge in [-0.2, -0.15) is 5.06 Å². The highest BCUT2D eigenvalue weighted by Crippen LogP contribution is 2.25. The number of hydroxylamine groups is 1. The lowest BCUT2D eigenvalue weighted by atomic mass is 10.1. The van der Waals surface area contributed by atoms with Gasteiger partial charge in [0.25, 0.3) is 5.91 Å². The second-order valence-electron chi connectivity index (χ2n) is 8.36.